The quantitative estimate of drug-likeness (QED) is 0.794. The molecule has 0 spiro atoms. The highest BCUT2D eigenvalue weighted by atomic mass is 16.7. The standard InChI is InChI=1S/C14H18N2O4/c1-9(17)10-6-12-14(20-8-19-12)11(13(10)18)7-16-4-2-15-3-5-16/h6,15,18H,2-5,7-8H2,1H3. The average molecular weight is 278 g/mol. The van der Waals surface area contributed by atoms with Crippen molar-refractivity contribution < 1.29 is 19.4 Å². The lowest BCUT2D eigenvalue weighted by Gasteiger charge is -2.28. The van der Waals surface area contributed by atoms with Crippen LogP contribution in [0.15, 0.2) is 6.07 Å². The van der Waals surface area contributed by atoms with Crippen LogP contribution in [-0.2, 0) is 6.54 Å². The van der Waals surface area contributed by atoms with Gasteiger partial charge in [0.1, 0.15) is 5.75 Å². The van der Waals surface area contributed by atoms with Crippen LogP contribution < -0.4 is 14.8 Å². The second-order valence-electron chi connectivity index (χ2n) is 5.07. The number of rotatable bonds is 3. The Morgan fingerprint density at radius 1 is 1.40 bits per heavy atom. The Balaban J connectivity index is 1.97. The maximum Gasteiger partial charge on any atom is 0.231 e. The van der Waals surface area contributed by atoms with E-state index in [0.29, 0.717) is 29.2 Å². The van der Waals surface area contributed by atoms with Gasteiger partial charge < -0.3 is 19.9 Å². The predicted molar refractivity (Wildman–Crippen MR) is 72.4 cm³/mol. The Hall–Kier alpha value is -1.79. The van der Waals surface area contributed by atoms with Crippen molar-refractivity contribution in [2.24, 2.45) is 0 Å². The number of carbonyl (C=O) groups is 1. The lowest BCUT2D eigenvalue weighted by molar-refractivity contribution is 0.101. The van der Waals surface area contributed by atoms with Crippen LogP contribution in [0, 0.1) is 0 Å². The van der Waals surface area contributed by atoms with Crippen molar-refractivity contribution in [1.82, 2.24) is 10.2 Å². The first-order valence-electron chi connectivity index (χ1n) is 6.75. The highest BCUT2D eigenvalue weighted by molar-refractivity contribution is 5.98. The first-order chi connectivity index (χ1) is 9.66. The van der Waals surface area contributed by atoms with Crippen LogP contribution in [0.1, 0.15) is 22.8 Å². The highest BCUT2D eigenvalue weighted by Gasteiger charge is 2.27. The summed E-state index contributed by atoms with van der Waals surface area (Å²) in [5.74, 6) is 0.937. The molecule has 1 aromatic rings. The van der Waals surface area contributed by atoms with Crippen molar-refractivity contribution in [3.8, 4) is 17.2 Å². The molecule has 1 saturated heterocycles. The summed E-state index contributed by atoms with van der Waals surface area (Å²) in [4.78, 5) is 13.9. The summed E-state index contributed by atoms with van der Waals surface area (Å²) in [6, 6.07) is 1.56. The number of ketones is 1. The first-order valence-corrected chi connectivity index (χ1v) is 6.75. The minimum atomic E-state index is -0.178. The van der Waals surface area contributed by atoms with Gasteiger partial charge in [-0.25, -0.2) is 0 Å². The Morgan fingerprint density at radius 2 is 2.15 bits per heavy atom. The summed E-state index contributed by atoms with van der Waals surface area (Å²) in [6.45, 7) is 5.77. The van der Waals surface area contributed by atoms with Crippen LogP contribution in [0.25, 0.3) is 0 Å². The van der Waals surface area contributed by atoms with Gasteiger partial charge in [0.25, 0.3) is 0 Å². The molecule has 3 rings (SSSR count). The number of nitrogens with zero attached hydrogens (tertiary/aromatic N) is 1. The highest BCUT2D eigenvalue weighted by Crippen LogP contribution is 2.43. The zero-order valence-electron chi connectivity index (χ0n) is 11.4. The number of hydrogen-bond donors (Lipinski definition) is 2. The third-order valence-corrected chi connectivity index (χ3v) is 3.70. The van der Waals surface area contributed by atoms with Gasteiger partial charge in [0.15, 0.2) is 17.3 Å². The third-order valence-electron chi connectivity index (χ3n) is 3.70. The monoisotopic (exact) mass is 278 g/mol. The van der Waals surface area contributed by atoms with Crippen LogP contribution in [0.2, 0.25) is 0 Å². The molecule has 0 aliphatic carbocycles. The van der Waals surface area contributed by atoms with E-state index in [0.717, 1.165) is 26.2 Å². The van der Waals surface area contributed by atoms with Gasteiger partial charge in [-0.15, -0.1) is 0 Å². The van der Waals surface area contributed by atoms with Crippen molar-refractivity contribution in [3.63, 3.8) is 0 Å². The first kappa shape index (κ1) is 13.2. The maximum atomic E-state index is 11.6. The van der Waals surface area contributed by atoms with Crippen molar-refractivity contribution in [3.05, 3.63) is 17.2 Å². The summed E-state index contributed by atoms with van der Waals surface area (Å²) < 4.78 is 10.8. The van der Waals surface area contributed by atoms with E-state index >= 15 is 0 Å². The molecule has 0 bridgehead atoms. The minimum absolute atomic E-state index is 0.0142. The molecule has 108 valence electrons. The molecule has 2 heterocycles. The maximum absolute atomic E-state index is 11.6. The lowest BCUT2D eigenvalue weighted by Crippen LogP contribution is -2.42. The molecule has 1 fully saturated rings. The predicted octanol–water partition coefficient (Wildman–Crippen LogP) is 0.729. The van der Waals surface area contributed by atoms with Crippen molar-refractivity contribution in [2.45, 2.75) is 13.5 Å². The SMILES string of the molecule is CC(=O)c1cc2c(c(CN3CCNCC3)c1O)OCO2. The van der Waals surface area contributed by atoms with Gasteiger partial charge in [-0.2, -0.15) is 0 Å². The second kappa shape index (κ2) is 5.30. The van der Waals surface area contributed by atoms with E-state index in [1.54, 1.807) is 6.07 Å². The summed E-state index contributed by atoms with van der Waals surface area (Å²) in [6.07, 6.45) is 0. The van der Waals surface area contributed by atoms with Crippen LogP contribution in [-0.4, -0.2) is 48.8 Å². The molecule has 0 saturated carbocycles. The Morgan fingerprint density at radius 3 is 2.85 bits per heavy atom. The number of piperazine rings is 1. The number of aromatic hydroxyl groups is 1. The number of phenols is 1. The van der Waals surface area contributed by atoms with Gasteiger partial charge in [0, 0.05) is 32.7 Å². The van der Waals surface area contributed by atoms with E-state index in [1.807, 2.05) is 0 Å². The normalized spacial score (nSPS) is 18.2. The van der Waals surface area contributed by atoms with E-state index < -0.39 is 0 Å². The molecule has 2 N–H and O–H groups in total. The lowest BCUT2D eigenvalue weighted by atomic mass is 10.0. The zero-order valence-corrected chi connectivity index (χ0v) is 11.4. The molecule has 20 heavy (non-hydrogen) atoms. The van der Waals surface area contributed by atoms with E-state index in [-0.39, 0.29) is 18.3 Å². The fourth-order valence-corrected chi connectivity index (χ4v) is 2.61. The van der Waals surface area contributed by atoms with Gasteiger partial charge in [0.05, 0.1) is 11.1 Å². The summed E-state index contributed by atoms with van der Waals surface area (Å²) in [7, 11) is 0. The van der Waals surface area contributed by atoms with Crippen LogP contribution in [0.5, 0.6) is 17.2 Å². The summed E-state index contributed by atoms with van der Waals surface area (Å²) >= 11 is 0. The number of ether oxygens (including phenoxy) is 2. The van der Waals surface area contributed by atoms with Gasteiger partial charge in [-0.3, -0.25) is 9.69 Å². The Bertz CT molecular complexity index is 538. The number of phenolic OH excluding ortho intramolecular Hbond substituents is 1. The van der Waals surface area contributed by atoms with Crippen molar-refractivity contribution >= 4 is 5.78 Å². The number of nitrogens with one attached hydrogen (secondary N) is 1. The molecule has 2 aliphatic heterocycles. The Labute approximate surface area is 117 Å². The zero-order chi connectivity index (χ0) is 14.1. The number of fused-ring (bicyclic) bond motifs is 1. The fourth-order valence-electron chi connectivity index (χ4n) is 2.61. The molecule has 1 aromatic carbocycles. The van der Waals surface area contributed by atoms with Gasteiger partial charge in [-0.05, 0) is 13.0 Å². The molecule has 6 heteroatoms. The number of hydrogen-bond acceptors (Lipinski definition) is 6. The molecule has 2 aliphatic rings. The van der Waals surface area contributed by atoms with Crippen molar-refractivity contribution in [2.75, 3.05) is 33.0 Å². The average Bonchev–Trinajstić information content (AvgIpc) is 2.90. The van der Waals surface area contributed by atoms with Gasteiger partial charge in [0.2, 0.25) is 6.79 Å². The van der Waals surface area contributed by atoms with Crippen molar-refractivity contribution in [1.29, 1.82) is 0 Å². The molecule has 0 aromatic heterocycles. The van der Waals surface area contributed by atoms with E-state index in [2.05, 4.69) is 10.2 Å². The van der Waals surface area contributed by atoms with Crippen LogP contribution >= 0.6 is 0 Å². The Kier molecular flexibility index (Phi) is 3.50. The van der Waals surface area contributed by atoms with E-state index in [1.165, 1.54) is 6.92 Å². The fraction of sp³-hybridized carbons (Fsp3) is 0.500. The number of benzene rings is 1. The number of Topliss-reactive ketones (excluding diaryl/α,β-unsaturated/α-hetero) is 1. The van der Waals surface area contributed by atoms with Gasteiger partial charge >= 0.3 is 0 Å². The largest absolute Gasteiger partial charge is 0.507 e. The topological polar surface area (TPSA) is 71.0 Å². The van der Waals surface area contributed by atoms with E-state index in [9.17, 15) is 9.90 Å². The molecule has 0 amide bonds. The smallest absolute Gasteiger partial charge is 0.231 e. The molecular weight excluding hydrogens is 260 g/mol. The van der Waals surface area contributed by atoms with Crippen LogP contribution in [0.3, 0.4) is 0 Å². The molecular formula is C14H18N2O4. The van der Waals surface area contributed by atoms with Crippen LogP contribution in [0.4, 0.5) is 0 Å². The van der Waals surface area contributed by atoms with Gasteiger partial charge in [-0.1, -0.05) is 0 Å². The van der Waals surface area contributed by atoms with E-state index in [4.69, 9.17) is 9.47 Å². The summed E-state index contributed by atoms with van der Waals surface area (Å²) in [5.41, 5.74) is 0.937. The number of carbonyl (C=O) groups excluding carboxylic acids is 1. The molecule has 0 radical (unpaired) electrons. The third kappa shape index (κ3) is 2.32. The molecule has 6 nitrogen and oxygen atoms in total. The molecule has 0 atom stereocenters. The summed E-state index contributed by atoms with van der Waals surface area (Å²) in [5, 5.41) is 13.6. The second-order valence-corrected chi connectivity index (χ2v) is 5.07. The minimum Gasteiger partial charge on any atom is -0.507 e. The molecule has 0 unspecified atom stereocenters.